The lowest BCUT2D eigenvalue weighted by Crippen LogP contribution is -2.44. The second-order valence-electron chi connectivity index (χ2n) is 6.01. The van der Waals surface area contributed by atoms with Crippen LogP contribution < -0.4 is 11.2 Å². The van der Waals surface area contributed by atoms with Gasteiger partial charge >= 0.3 is 5.69 Å². The number of nitrogens with one attached hydrogen (secondary N) is 1. The van der Waals surface area contributed by atoms with Crippen LogP contribution in [0.5, 0.6) is 0 Å². The van der Waals surface area contributed by atoms with Crippen LogP contribution in [0.25, 0.3) is 10.9 Å². The van der Waals surface area contributed by atoms with Crippen molar-refractivity contribution in [3.8, 4) is 0 Å². The van der Waals surface area contributed by atoms with E-state index < -0.39 is 11.3 Å². The van der Waals surface area contributed by atoms with Gasteiger partial charge in [-0.15, -0.1) is 0 Å². The topological polar surface area (TPSA) is 75.1 Å². The number of aromatic amines is 1. The van der Waals surface area contributed by atoms with Gasteiger partial charge in [-0.25, -0.2) is 4.79 Å². The number of aromatic nitrogens is 2. The summed E-state index contributed by atoms with van der Waals surface area (Å²) in [6.45, 7) is 0.0754. The van der Waals surface area contributed by atoms with Gasteiger partial charge in [0, 0.05) is 0 Å². The second-order valence-corrected chi connectivity index (χ2v) is 6.01. The van der Waals surface area contributed by atoms with Crippen molar-refractivity contribution in [2.75, 3.05) is 0 Å². The number of benzene rings is 1. The van der Waals surface area contributed by atoms with Gasteiger partial charge in [0.05, 0.1) is 23.0 Å². The summed E-state index contributed by atoms with van der Waals surface area (Å²) in [5.41, 5.74) is -1.18. The summed E-state index contributed by atoms with van der Waals surface area (Å²) in [6.07, 6.45) is 5.38. The van der Waals surface area contributed by atoms with Gasteiger partial charge < -0.3 is 10.1 Å². The number of fused-ring (bicyclic) bond motifs is 1. The van der Waals surface area contributed by atoms with Gasteiger partial charge in [0.15, 0.2) is 0 Å². The molecule has 1 aromatic carbocycles. The fourth-order valence-electron chi connectivity index (χ4n) is 3.18. The maximum Gasteiger partial charge on any atom is 0.328 e. The third-order valence-corrected chi connectivity index (χ3v) is 4.38. The molecule has 21 heavy (non-hydrogen) atoms. The number of para-hydroxylation sites is 1. The summed E-state index contributed by atoms with van der Waals surface area (Å²) in [4.78, 5) is 27.4. The highest BCUT2D eigenvalue weighted by Crippen LogP contribution is 2.27. The zero-order valence-electron chi connectivity index (χ0n) is 12.0. The molecule has 1 saturated carbocycles. The molecule has 1 aromatic heterocycles. The van der Waals surface area contributed by atoms with Crippen molar-refractivity contribution in [2.45, 2.75) is 50.7 Å². The fraction of sp³-hybridized carbons (Fsp3) is 0.500. The minimum Gasteiger partial charge on any atom is -0.388 e. The summed E-state index contributed by atoms with van der Waals surface area (Å²) >= 11 is 0. The summed E-state index contributed by atoms with van der Waals surface area (Å²) in [7, 11) is 0. The minimum atomic E-state index is -0.949. The molecule has 2 N–H and O–H groups in total. The maximum absolute atomic E-state index is 12.5. The molecule has 0 atom stereocenters. The van der Waals surface area contributed by atoms with E-state index in [1.165, 1.54) is 0 Å². The van der Waals surface area contributed by atoms with Crippen LogP contribution in [-0.4, -0.2) is 20.3 Å². The van der Waals surface area contributed by atoms with E-state index in [4.69, 9.17) is 0 Å². The lowest BCUT2D eigenvalue weighted by Gasteiger charge is -2.26. The van der Waals surface area contributed by atoms with Gasteiger partial charge in [-0.3, -0.25) is 9.36 Å². The van der Waals surface area contributed by atoms with Gasteiger partial charge in [-0.2, -0.15) is 0 Å². The van der Waals surface area contributed by atoms with E-state index in [9.17, 15) is 14.7 Å². The predicted octanol–water partition coefficient (Wildman–Crippen LogP) is 1.78. The zero-order chi connectivity index (χ0) is 14.9. The Labute approximate surface area is 122 Å². The van der Waals surface area contributed by atoms with E-state index in [0.29, 0.717) is 23.7 Å². The number of aliphatic hydroxyl groups is 1. The Morgan fingerprint density at radius 3 is 2.48 bits per heavy atom. The smallest absolute Gasteiger partial charge is 0.328 e. The van der Waals surface area contributed by atoms with E-state index in [2.05, 4.69) is 4.98 Å². The van der Waals surface area contributed by atoms with Crippen LogP contribution in [0.2, 0.25) is 0 Å². The first-order valence-electron chi connectivity index (χ1n) is 7.53. The van der Waals surface area contributed by atoms with Crippen LogP contribution in [0.4, 0.5) is 0 Å². The van der Waals surface area contributed by atoms with Crippen molar-refractivity contribution in [3.05, 3.63) is 45.1 Å². The first-order valence-corrected chi connectivity index (χ1v) is 7.53. The molecule has 1 heterocycles. The first kappa shape index (κ1) is 14.1. The van der Waals surface area contributed by atoms with Crippen LogP contribution >= 0.6 is 0 Å². The van der Waals surface area contributed by atoms with Crippen molar-refractivity contribution in [1.29, 1.82) is 0 Å². The molecule has 3 rings (SSSR count). The molecule has 0 bridgehead atoms. The Morgan fingerprint density at radius 1 is 1.10 bits per heavy atom. The SMILES string of the molecule is O=c1[nH]c2ccccc2c(=O)n1CC1(O)CCCCCC1. The third-order valence-electron chi connectivity index (χ3n) is 4.38. The van der Waals surface area contributed by atoms with Crippen LogP contribution in [-0.2, 0) is 6.54 Å². The monoisotopic (exact) mass is 288 g/mol. The Bertz CT molecular complexity index is 752. The number of hydrogen-bond donors (Lipinski definition) is 2. The van der Waals surface area contributed by atoms with E-state index in [-0.39, 0.29) is 12.1 Å². The van der Waals surface area contributed by atoms with Crippen LogP contribution in [0.3, 0.4) is 0 Å². The molecule has 0 saturated heterocycles. The first-order chi connectivity index (χ1) is 10.1. The van der Waals surface area contributed by atoms with Gasteiger partial charge in [0.25, 0.3) is 5.56 Å². The van der Waals surface area contributed by atoms with Crippen molar-refractivity contribution in [1.82, 2.24) is 9.55 Å². The quantitative estimate of drug-likeness (QED) is 0.827. The van der Waals surface area contributed by atoms with Gasteiger partial charge in [-0.1, -0.05) is 37.8 Å². The summed E-state index contributed by atoms with van der Waals surface area (Å²) in [5, 5.41) is 11.2. The van der Waals surface area contributed by atoms with Crippen molar-refractivity contribution in [3.63, 3.8) is 0 Å². The number of H-pyrrole nitrogens is 1. The fourth-order valence-corrected chi connectivity index (χ4v) is 3.18. The Hall–Kier alpha value is -1.88. The molecule has 0 amide bonds. The highest BCUT2D eigenvalue weighted by Gasteiger charge is 2.29. The molecule has 0 radical (unpaired) electrons. The van der Waals surface area contributed by atoms with E-state index in [0.717, 1.165) is 30.3 Å². The highest BCUT2D eigenvalue weighted by atomic mass is 16.3. The molecule has 1 aliphatic rings. The van der Waals surface area contributed by atoms with Crippen LogP contribution in [0, 0.1) is 0 Å². The molecular formula is C16H20N2O3. The van der Waals surface area contributed by atoms with Crippen LogP contribution in [0.15, 0.2) is 33.9 Å². The van der Waals surface area contributed by atoms with E-state index >= 15 is 0 Å². The van der Waals surface area contributed by atoms with Gasteiger partial charge in [-0.05, 0) is 25.0 Å². The van der Waals surface area contributed by atoms with Crippen molar-refractivity contribution >= 4 is 10.9 Å². The molecule has 5 heteroatoms. The molecule has 0 aliphatic heterocycles. The summed E-state index contributed by atoms with van der Waals surface area (Å²) in [6, 6.07) is 6.96. The summed E-state index contributed by atoms with van der Waals surface area (Å²) in [5.74, 6) is 0. The zero-order valence-corrected chi connectivity index (χ0v) is 12.0. The third kappa shape index (κ3) is 2.78. The minimum absolute atomic E-state index is 0.0754. The average Bonchev–Trinajstić information content (AvgIpc) is 2.69. The molecule has 1 aliphatic carbocycles. The Kier molecular flexibility index (Phi) is 3.68. The Balaban J connectivity index is 2.04. The Morgan fingerprint density at radius 2 is 1.76 bits per heavy atom. The van der Waals surface area contributed by atoms with Crippen LogP contribution in [0.1, 0.15) is 38.5 Å². The molecule has 0 spiro atoms. The molecule has 2 aromatic rings. The van der Waals surface area contributed by atoms with E-state index in [1.807, 2.05) is 0 Å². The largest absolute Gasteiger partial charge is 0.388 e. The van der Waals surface area contributed by atoms with E-state index in [1.54, 1.807) is 24.3 Å². The average molecular weight is 288 g/mol. The molecule has 1 fully saturated rings. The lowest BCUT2D eigenvalue weighted by molar-refractivity contribution is 0.00620. The van der Waals surface area contributed by atoms with Gasteiger partial charge in [0.2, 0.25) is 0 Å². The van der Waals surface area contributed by atoms with Crippen molar-refractivity contribution < 1.29 is 5.11 Å². The standard InChI is InChI=1S/C16H20N2O3/c19-14-12-7-3-4-8-13(12)17-15(20)18(14)11-16(21)9-5-1-2-6-10-16/h3-4,7-8,21H,1-2,5-6,9-11H2,(H,17,20). The predicted molar refractivity (Wildman–Crippen MR) is 81.5 cm³/mol. The second kappa shape index (κ2) is 5.48. The molecule has 5 nitrogen and oxygen atoms in total. The van der Waals surface area contributed by atoms with Crippen molar-refractivity contribution in [2.24, 2.45) is 0 Å². The number of nitrogens with zero attached hydrogens (tertiary/aromatic N) is 1. The van der Waals surface area contributed by atoms with Gasteiger partial charge in [0.1, 0.15) is 0 Å². The number of hydrogen-bond acceptors (Lipinski definition) is 3. The lowest BCUT2D eigenvalue weighted by atomic mass is 9.94. The summed E-state index contributed by atoms with van der Waals surface area (Å²) < 4.78 is 1.15. The molecule has 0 unspecified atom stereocenters. The maximum atomic E-state index is 12.5. The molecular weight excluding hydrogens is 268 g/mol. The highest BCUT2D eigenvalue weighted by molar-refractivity contribution is 5.76. The number of rotatable bonds is 2. The molecule has 112 valence electrons. The normalized spacial score (nSPS) is 18.5.